The molecule has 0 unspecified atom stereocenters. The van der Waals surface area contributed by atoms with Gasteiger partial charge in [-0.05, 0) is 73.5 Å². The van der Waals surface area contributed by atoms with Crippen LogP contribution in [0.25, 0.3) is 0 Å². The molecule has 9 heteroatoms. The first-order valence-electron chi connectivity index (χ1n) is 13.7. The zero-order valence-electron chi connectivity index (χ0n) is 23.3. The number of nitrogens with zero attached hydrogens (tertiary/aromatic N) is 3. The molecule has 1 saturated heterocycles. The number of piperidine rings is 1. The summed E-state index contributed by atoms with van der Waals surface area (Å²) in [5.74, 6) is -0.435. The Hall–Kier alpha value is -2.97. The molecule has 206 valence electrons. The van der Waals surface area contributed by atoms with Crippen molar-refractivity contribution in [2.45, 2.75) is 65.8 Å². The molecular formula is C29H40F2N6O. The van der Waals surface area contributed by atoms with Crippen molar-refractivity contribution in [3.8, 4) is 0 Å². The average molecular weight is 527 g/mol. The van der Waals surface area contributed by atoms with Gasteiger partial charge in [0.25, 0.3) is 0 Å². The number of rotatable bonds is 6. The third-order valence-electron chi connectivity index (χ3n) is 9.79. The van der Waals surface area contributed by atoms with E-state index in [4.69, 9.17) is 0 Å². The largest absolute Gasteiger partial charge is 0.369 e. The molecule has 1 aliphatic heterocycles. The van der Waals surface area contributed by atoms with Gasteiger partial charge in [-0.25, -0.2) is 13.8 Å². The quantitative estimate of drug-likeness (QED) is 0.446. The maximum absolute atomic E-state index is 15.1. The Kier molecular flexibility index (Phi) is 6.55. The Bertz CT molecular complexity index is 1220. The van der Waals surface area contributed by atoms with Crippen molar-refractivity contribution in [1.82, 2.24) is 15.3 Å². The summed E-state index contributed by atoms with van der Waals surface area (Å²) in [6.45, 7) is 12.6. The molecule has 6 rings (SSSR count). The zero-order chi connectivity index (χ0) is 27.5. The lowest BCUT2D eigenvalue weighted by atomic mass is 9.40. The SMILES string of the molecule is CNC(=O)[C@H]1C[C@@H]2C[C@H](C2(C)C)[C@@]1(C)Nc1nc(Nc2ccc(N3CCC(C)(C)CC3)c(F)c2)ncc1F. The van der Waals surface area contributed by atoms with Gasteiger partial charge in [-0.3, -0.25) is 4.79 Å². The van der Waals surface area contributed by atoms with Crippen LogP contribution in [0.2, 0.25) is 0 Å². The van der Waals surface area contributed by atoms with Crippen molar-refractivity contribution in [3.05, 3.63) is 36.0 Å². The Morgan fingerprint density at radius 1 is 1.05 bits per heavy atom. The summed E-state index contributed by atoms with van der Waals surface area (Å²) < 4.78 is 30.0. The lowest BCUT2D eigenvalue weighted by Gasteiger charge is -2.66. The number of hydrogen-bond donors (Lipinski definition) is 3. The first-order valence-corrected chi connectivity index (χ1v) is 13.7. The molecule has 1 amide bonds. The Balaban J connectivity index is 1.35. The van der Waals surface area contributed by atoms with Crippen LogP contribution in [0.1, 0.15) is 60.3 Å². The third kappa shape index (κ3) is 4.58. The first kappa shape index (κ1) is 26.6. The van der Waals surface area contributed by atoms with E-state index in [1.807, 2.05) is 6.92 Å². The molecule has 7 nitrogen and oxygen atoms in total. The van der Waals surface area contributed by atoms with Gasteiger partial charge in [0.05, 0.1) is 23.3 Å². The number of halogens is 2. The third-order valence-corrected chi connectivity index (χ3v) is 9.79. The molecule has 0 radical (unpaired) electrons. The molecule has 2 bridgehead atoms. The van der Waals surface area contributed by atoms with Crippen LogP contribution in [-0.2, 0) is 4.79 Å². The van der Waals surface area contributed by atoms with Gasteiger partial charge >= 0.3 is 0 Å². The van der Waals surface area contributed by atoms with Crippen LogP contribution < -0.4 is 20.9 Å². The first-order chi connectivity index (χ1) is 17.8. The smallest absolute Gasteiger partial charge is 0.229 e. The van der Waals surface area contributed by atoms with Crippen LogP contribution in [0.5, 0.6) is 0 Å². The number of fused-ring (bicyclic) bond motifs is 2. The molecule has 3 aliphatic carbocycles. The van der Waals surface area contributed by atoms with Gasteiger partial charge in [0.15, 0.2) is 11.6 Å². The van der Waals surface area contributed by atoms with Gasteiger partial charge in [0, 0.05) is 25.8 Å². The van der Waals surface area contributed by atoms with Crippen molar-refractivity contribution in [2.24, 2.45) is 28.6 Å². The fourth-order valence-corrected chi connectivity index (χ4v) is 7.03. The van der Waals surface area contributed by atoms with Crippen LogP contribution in [-0.4, -0.2) is 41.6 Å². The van der Waals surface area contributed by atoms with E-state index in [9.17, 15) is 9.18 Å². The minimum Gasteiger partial charge on any atom is -0.369 e. The van der Waals surface area contributed by atoms with Gasteiger partial charge < -0.3 is 20.9 Å². The van der Waals surface area contributed by atoms with E-state index in [-0.39, 0.29) is 46.2 Å². The molecule has 0 spiro atoms. The monoisotopic (exact) mass is 526 g/mol. The zero-order valence-corrected chi connectivity index (χ0v) is 23.3. The normalized spacial score (nSPS) is 29.3. The lowest BCUT2D eigenvalue weighted by molar-refractivity contribution is -0.155. The number of nitrogens with one attached hydrogen (secondary N) is 3. The Labute approximate surface area is 224 Å². The van der Waals surface area contributed by atoms with Crippen LogP contribution in [0.4, 0.5) is 31.9 Å². The fraction of sp³-hybridized carbons (Fsp3) is 0.621. The molecule has 4 fully saturated rings. The topological polar surface area (TPSA) is 82.2 Å². The molecule has 4 atom stereocenters. The molecule has 2 heterocycles. The number of carbonyl (C=O) groups is 1. The highest BCUT2D eigenvalue weighted by Crippen LogP contribution is 2.65. The summed E-state index contributed by atoms with van der Waals surface area (Å²) in [7, 11) is 1.64. The van der Waals surface area contributed by atoms with E-state index in [0.29, 0.717) is 17.3 Å². The molecule has 3 saturated carbocycles. The molecular weight excluding hydrogens is 486 g/mol. The fourth-order valence-electron chi connectivity index (χ4n) is 7.03. The van der Waals surface area contributed by atoms with Crippen molar-refractivity contribution in [2.75, 3.05) is 35.7 Å². The summed E-state index contributed by atoms with van der Waals surface area (Å²) in [6.07, 6.45) is 4.87. The highest BCUT2D eigenvalue weighted by molar-refractivity contribution is 5.81. The second-order valence-electron chi connectivity index (χ2n) is 12.9. The predicted octanol–water partition coefficient (Wildman–Crippen LogP) is 5.72. The maximum Gasteiger partial charge on any atom is 0.229 e. The van der Waals surface area contributed by atoms with Gasteiger partial charge in [-0.1, -0.05) is 27.7 Å². The lowest BCUT2D eigenvalue weighted by Crippen LogP contribution is -2.69. The van der Waals surface area contributed by atoms with Crippen molar-refractivity contribution in [3.63, 3.8) is 0 Å². The molecule has 3 N–H and O–H groups in total. The minimum atomic E-state index is -0.679. The van der Waals surface area contributed by atoms with E-state index in [2.05, 4.69) is 58.5 Å². The number of amides is 1. The van der Waals surface area contributed by atoms with Gasteiger partial charge in [-0.15, -0.1) is 0 Å². The summed E-state index contributed by atoms with van der Waals surface area (Å²) in [6, 6.07) is 4.99. The van der Waals surface area contributed by atoms with Crippen LogP contribution in [0.3, 0.4) is 0 Å². The number of aromatic nitrogens is 2. The van der Waals surface area contributed by atoms with Crippen molar-refractivity contribution < 1.29 is 13.6 Å². The van der Waals surface area contributed by atoms with E-state index in [0.717, 1.165) is 45.0 Å². The Morgan fingerprint density at radius 2 is 1.76 bits per heavy atom. The van der Waals surface area contributed by atoms with Crippen LogP contribution in [0, 0.1) is 40.2 Å². The highest BCUT2D eigenvalue weighted by atomic mass is 19.1. The standard InChI is InChI=1S/C29H40F2N6O/c1-27(2)9-11-37(12-10-27)22-8-7-18(15-20(22)30)34-26-33-16-21(31)24(35-26)36-29(5)19(25(38)32-6)13-17-14-23(29)28(17,3)4/h7-8,15-17,19,23H,9-14H2,1-6H3,(H,32,38)(H2,33,34,35,36)/t17-,19-,23-,29+/m1/s1. The van der Waals surface area contributed by atoms with Crippen LogP contribution in [0.15, 0.2) is 24.4 Å². The highest BCUT2D eigenvalue weighted by Gasteiger charge is 2.64. The van der Waals surface area contributed by atoms with E-state index in [1.165, 1.54) is 6.07 Å². The molecule has 4 aliphatic rings. The number of benzene rings is 1. The number of anilines is 4. The summed E-state index contributed by atoms with van der Waals surface area (Å²) in [4.78, 5) is 23.4. The molecule has 2 aromatic rings. The summed E-state index contributed by atoms with van der Waals surface area (Å²) >= 11 is 0. The number of carbonyl (C=O) groups excluding carboxylic acids is 1. The van der Waals surface area contributed by atoms with Gasteiger partial charge in [0.1, 0.15) is 5.82 Å². The second kappa shape index (κ2) is 9.35. The maximum atomic E-state index is 15.1. The van der Waals surface area contributed by atoms with Crippen LogP contribution >= 0.6 is 0 Å². The van der Waals surface area contributed by atoms with E-state index < -0.39 is 11.4 Å². The van der Waals surface area contributed by atoms with E-state index >= 15 is 4.39 Å². The predicted molar refractivity (Wildman–Crippen MR) is 146 cm³/mol. The minimum absolute atomic E-state index is 0.0353. The van der Waals surface area contributed by atoms with E-state index in [1.54, 1.807) is 19.2 Å². The second-order valence-corrected chi connectivity index (χ2v) is 12.9. The number of hydrogen-bond acceptors (Lipinski definition) is 6. The van der Waals surface area contributed by atoms with Gasteiger partial charge in [-0.2, -0.15) is 4.98 Å². The van der Waals surface area contributed by atoms with Crippen molar-refractivity contribution >= 4 is 29.0 Å². The molecule has 1 aromatic heterocycles. The summed E-state index contributed by atoms with van der Waals surface area (Å²) in [5.41, 5.74) is 0.712. The Morgan fingerprint density at radius 3 is 2.39 bits per heavy atom. The van der Waals surface area contributed by atoms with Crippen molar-refractivity contribution in [1.29, 1.82) is 0 Å². The average Bonchev–Trinajstić information content (AvgIpc) is 2.85. The molecule has 38 heavy (non-hydrogen) atoms. The molecule has 1 aromatic carbocycles. The summed E-state index contributed by atoms with van der Waals surface area (Å²) in [5, 5.41) is 9.13. The van der Waals surface area contributed by atoms with Gasteiger partial charge in [0.2, 0.25) is 11.9 Å².